The smallest absolute Gasteiger partial charge is 0.357 e. The second-order valence-electron chi connectivity index (χ2n) is 6.50. The lowest BCUT2D eigenvalue weighted by molar-refractivity contribution is 0.0595. The van der Waals surface area contributed by atoms with Gasteiger partial charge in [-0.2, -0.15) is 0 Å². The number of aryl methyl sites for hydroxylation is 1. The molecule has 5 heteroatoms. The Bertz CT molecular complexity index is 862. The summed E-state index contributed by atoms with van der Waals surface area (Å²) in [5.74, 6) is -0.519. The van der Waals surface area contributed by atoms with Gasteiger partial charge in [0, 0.05) is 11.8 Å². The Morgan fingerprint density at radius 2 is 1.96 bits per heavy atom. The van der Waals surface area contributed by atoms with Crippen molar-refractivity contribution in [1.82, 2.24) is 4.98 Å². The number of esters is 1. The van der Waals surface area contributed by atoms with Gasteiger partial charge in [-0.3, -0.25) is 4.79 Å². The van der Waals surface area contributed by atoms with E-state index in [1.807, 2.05) is 0 Å². The molecule has 0 saturated carbocycles. The fourth-order valence-corrected chi connectivity index (χ4v) is 3.77. The lowest BCUT2D eigenvalue weighted by Gasteiger charge is -2.08. The molecule has 140 valence electrons. The van der Waals surface area contributed by atoms with Gasteiger partial charge in [-0.1, -0.05) is 42.5 Å². The Labute approximate surface area is 163 Å². The lowest BCUT2D eigenvalue weighted by atomic mass is 9.97. The van der Waals surface area contributed by atoms with Crippen molar-refractivity contribution in [2.75, 3.05) is 7.11 Å². The number of Topliss-reactive ketones (excluding diaryl/α,β-unsaturated/α-hetero) is 1. The monoisotopic (exact) mass is 381 g/mol. The third kappa shape index (κ3) is 5.23. The van der Waals surface area contributed by atoms with Gasteiger partial charge in [0.15, 0.2) is 16.5 Å². The number of ether oxygens (including phenoxy) is 1. The molecule has 1 aliphatic carbocycles. The summed E-state index contributed by atoms with van der Waals surface area (Å²) >= 11 is 1.20. The maximum absolute atomic E-state index is 12.2. The highest BCUT2D eigenvalue weighted by atomic mass is 32.1. The number of rotatable bonds is 8. The summed E-state index contributed by atoms with van der Waals surface area (Å²) in [5, 5.41) is 1.95. The number of ketones is 1. The minimum Gasteiger partial charge on any atom is -0.464 e. The maximum Gasteiger partial charge on any atom is 0.357 e. The maximum atomic E-state index is 12.2. The zero-order valence-corrected chi connectivity index (χ0v) is 16.3. The summed E-state index contributed by atoms with van der Waals surface area (Å²) < 4.78 is 4.61. The van der Waals surface area contributed by atoms with Crippen molar-refractivity contribution >= 4 is 28.7 Å². The molecule has 0 radical (unpaired) electrons. The summed E-state index contributed by atoms with van der Waals surface area (Å²) in [7, 11) is 1.30. The summed E-state index contributed by atoms with van der Waals surface area (Å²) in [5.41, 5.74) is 4.05. The van der Waals surface area contributed by atoms with E-state index in [1.54, 1.807) is 5.38 Å². The molecule has 0 fully saturated rings. The fourth-order valence-electron chi connectivity index (χ4n) is 3.01. The van der Waals surface area contributed by atoms with Crippen LogP contribution in [0.15, 0.2) is 47.9 Å². The normalized spacial score (nSPS) is 13.3. The first-order valence-corrected chi connectivity index (χ1v) is 10.1. The molecule has 0 unspecified atom stereocenters. The van der Waals surface area contributed by atoms with Gasteiger partial charge in [0.05, 0.1) is 7.11 Å². The van der Waals surface area contributed by atoms with E-state index in [9.17, 15) is 9.59 Å². The molecule has 4 nitrogen and oxygen atoms in total. The molecule has 0 N–H and O–H groups in total. The third-order valence-electron chi connectivity index (χ3n) is 4.54. The SMILES string of the molecule is COC(=O)c1csc(C(=O)CCCCc2ccc(C3=CCCC=C3)cc2)n1. The molecule has 0 bridgehead atoms. The minimum absolute atomic E-state index is 0.0125. The molecule has 1 aromatic carbocycles. The van der Waals surface area contributed by atoms with Crippen molar-refractivity contribution < 1.29 is 14.3 Å². The standard InChI is InChI=1S/C22H23NO3S/c1-26-22(25)19-15-27-21(23-19)20(24)10-6-5-7-16-11-13-18(14-12-16)17-8-3-2-4-9-17/h3,8-9,11-15H,2,4-7,10H2,1H3. The number of carbonyl (C=O) groups is 2. The van der Waals surface area contributed by atoms with Crippen LogP contribution in [0.1, 0.15) is 63.5 Å². The topological polar surface area (TPSA) is 56.3 Å². The summed E-state index contributed by atoms with van der Waals surface area (Å²) in [6, 6.07) is 8.69. The molecule has 0 saturated heterocycles. The van der Waals surface area contributed by atoms with Gasteiger partial charge < -0.3 is 4.74 Å². The Morgan fingerprint density at radius 3 is 2.67 bits per heavy atom. The second kappa shape index (κ2) is 9.42. The van der Waals surface area contributed by atoms with Crippen LogP contribution in [0.2, 0.25) is 0 Å². The number of aromatic nitrogens is 1. The van der Waals surface area contributed by atoms with Crippen molar-refractivity contribution in [2.45, 2.75) is 38.5 Å². The molecular weight excluding hydrogens is 358 g/mol. The van der Waals surface area contributed by atoms with E-state index < -0.39 is 5.97 Å². The number of hydrogen-bond donors (Lipinski definition) is 0. The average molecular weight is 381 g/mol. The van der Waals surface area contributed by atoms with Crippen LogP contribution >= 0.6 is 11.3 Å². The van der Waals surface area contributed by atoms with Crippen LogP contribution in [-0.2, 0) is 11.2 Å². The number of allylic oxidation sites excluding steroid dienone is 4. The number of methoxy groups -OCH3 is 1. The number of carbonyl (C=O) groups excluding carboxylic acids is 2. The fraction of sp³-hybridized carbons (Fsp3) is 0.318. The first-order chi connectivity index (χ1) is 13.2. The number of nitrogens with zero attached hydrogens (tertiary/aromatic N) is 1. The predicted molar refractivity (Wildman–Crippen MR) is 108 cm³/mol. The highest BCUT2D eigenvalue weighted by Crippen LogP contribution is 2.22. The molecule has 1 aliphatic rings. The number of benzene rings is 1. The minimum atomic E-state index is -0.506. The number of thiazole rings is 1. The van der Waals surface area contributed by atoms with Crippen molar-refractivity contribution in [3.8, 4) is 0 Å². The van der Waals surface area contributed by atoms with Gasteiger partial charge >= 0.3 is 5.97 Å². The Hall–Kier alpha value is -2.53. The van der Waals surface area contributed by atoms with Crippen LogP contribution < -0.4 is 0 Å². The molecule has 1 heterocycles. The first kappa shape index (κ1) is 19.2. The zero-order valence-electron chi connectivity index (χ0n) is 15.4. The Morgan fingerprint density at radius 1 is 1.15 bits per heavy atom. The molecule has 0 atom stereocenters. The average Bonchev–Trinajstić information content (AvgIpc) is 3.22. The van der Waals surface area contributed by atoms with Gasteiger partial charge in [-0.25, -0.2) is 9.78 Å². The van der Waals surface area contributed by atoms with Crippen molar-refractivity contribution in [2.24, 2.45) is 0 Å². The van der Waals surface area contributed by atoms with Crippen LogP contribution in [0, 0.1) is 0 Å². The van der Waals surface area contributed by atoms with Crippen molar-refractivity contribution in [3.05, 3.63) is 69.7 Å². The lowest BCUT2D eigenvalue weighted by Crippen LogP contribution is -2.04. The molecule has 0 aliphatic heterocycles. The number of hydrogen-bond acceptors (Lipinski definition) is 5. The Kier molecular flexibility index (Phi) is 6.71. The van der Waals surface area contributed by atoms with Crippen LogP contribution in [0.4, 0.5) is 0 Å². The van der Waals surface area contributed by atoms with Gasteiger partial charge in [0.25, 0.3) is 0 Å². The van der Waals surface area contributed by atoms with E-state index in [2.05, 4.69) is 52.2 Å². The molecule has 0 amide bonds. The van der Waals surface area contributed by atoms with E-state index in [1.165, 1.54) is 35.1 Å². The van der Waals surface area contributed by atoms with E-state index in [4.69, 9.17) is 0 Å². The molecular formula is C22H23NO3S. The van der Waals surface area contributed by atoms with Gasteiger partial charge in [0.1, 0.15) is 0 Å². The van der Waals surface area contributed by atoms with Gasteiger partial charge in [-0.15, -0.1) is 11.3 Å². The quantitative estimate of drug-likeness (QED) is 0.356. The summed E-state index contributed by atoms with van der Waals surface area (Å²) in [6.45, 7) is 0. The summed E-state index contributed by atoms with van der Waals surface area (Å²) in [6.07, 6.45) is 12.1. The third-order valence-corrected chi connectivity index (χ3v) is 5.42. The summed E-state index contributed by atoms with van der Waals surface area (Å²) in [4.78, 5) is 27.6. The Balaban J connectivity index is 1.44. The van der Waals surface area contributed by atoms with Gasteiger partial charge in [0.2, 0.25) is 0 Å². The second-order valence-corrected chi connectivity index (χ2v) is 7.35. The molecule has 0 spiro atoms. The van der Waals surface area contributed by atoms with E-state index >= 15 is 0 Å². The van der Waals surface area contributed by atoms with Crippen molar-refractivity contribution in [1.29, 1.82) is 0 Å². The number of unbranched alkanes of at least 4 members (excludes halogenated alkanes) is 1. The van der Waals surface area contributed by atoms with Crippen LogP contribution in [0.25, 0.3) is 5.57 Å². The van der Waals surface area contributed by atoms with Crippen LogP contribution in [0.5, 0.6) is 0 Å². The predicted octanol–water partition coefficient (Wildman–Crippen LogP) is 5.26. The first-order valence-electron chi connectivity index (χ1n) is 9.20. The molecule has 1 aromatic heterocycles. The molecule has 2 aromatic rings. The zero-order chi connectivity index (χ0) is 19.1. The van der Waals surface area contributed by atoms with Crippen LogP contribution in [-0.4, -0.2) is 23.8 Å². The highest BCUT2D eigenvalue weighted by molar-refractivity contribution is 7.11. The molecule has 3 rings (SSSR count). The van der Waals surface area contributed by atoms with E-state index in [0.717, 1.165) is 32.1 Å². The van der Waals surface area contributed by atoms with Crippen molar-refractivity contribution in [3.63, 3.8) is 0 Å². The largest absolute Gasteiger partial charge is 0.464 e. The molecule has 27 heavy (non-hydrogen) atoms. The van der Waals surface area contributed by atoms with Gasteiger partial charge in [-0.05, 0) is 48.8 Å². The highest BCUT2D eigenvalue weighted by Gasteiger charge is 2.15. The van der Waals surface area contributed by atoms with Crippen LogP contribution in [0.3, 0.4) is 0 Å². The van der Waals surface area contributed by atoms with E-state index in [-0.39, 0.29) is 11.5 Å². The van der Waals surface area contributed by atoms with E-state index in [0.29, 0.717) is 11.4 Å².